The normalized spacial score (nSPS) is 23.2. The number of carbonyl (C=O) groups is 2. The van der Waals surface area contributed by atoms with Gasteiger partial charge in [0.05, 0.1) is 12.0 Å². The van der Waals surface area contributed by atoms with Crippen molar-refractivity contribution in [1.82, 2.24) is 15.1 Å². The Labute approximate surface area is 124 Å². The van der Waals surface area contributed by atoms with Crippen molar-refractivity contribution in [1.29, 1.82) is 5.26 Å². The Hall–Kier alpha value is -1.65. The van der Waals surface area contributed by atoms with E-state index in [9.17, 15) is 9.59 Å². The molecule has 2 N–H and O–H groups in total. The van der Waals surface area contributed by atoms with Gasteiger partial charge in [-0.15, -0.1) is 0 Å². The number of likely N-dealkylation sites (tertiary alicyclic amines) is 1. The van der Waals surface area contributed by atoms with Crippen molar-refractivity contribution in [2.45, 2.75) is 31.7 Å². The van der Waals surface area contributed by atoms with Gasteiger partial charge in [-0.1, -0.05) is 0 Å². The number of carbonyl (C=O) groups excluding carboxylic acids is 2. The quantitative estimate of drug-likeness (QED) is 0.691. The number of nitrogens with zero attached hydrogens (tertiary/aromatic N) is 3. The molecular weight excluding hydrogens is 272 g/mol. The third-order valence-corrected chi connectivity index (χ3v) is 4.26. The summed E-state index contributed by atoms with van der Waals surface area (Å²) >= 11 is 0. The van der Waals surface area contributed by atoms with Gasteiger partial charge in [0.2, 0.25) is 0 Å². The maximum Gasteiger partial charge on any atom is 0.325 e. The first kappa shape index (κ1) is 15.7. The second-order valence-electron chi connectivity index (χ2n) is 5.88. The molecule has 1 unspecified atom stereocenters. The molecule has 0 radical (unpaired) electrons. The van der Waals surface area contributed by atoms with Gasteiger partial charge in [0, 0.05) is 32.8 Å². The van der Waals surface area contributed by atoms with Crippen LogP contribution in [0.5, 0.6) is 0 Å². The molecule has 2 heterocycles. The Balaban J connectivity index is 1.98. The maximum atomic E-state index is 12.5. The molecule has 116 valence electrons. The van der Waals surface area contributed by atoms with Gasteiger partial charge in [-0.05, 0) is 26.2 Å². The lowest BCUT2D eigenvalue weighted by Gasteiger charge is -2.37. The summed E-state index contributed by atoms with van der Waals surface area (Å²) in [7, 11) is 0. The van der Waals surface area contributed by atoms with Gasteiger partial charge >= 0.3 is 6.03 Å². The van der Waals surface area contributed by atoms with Gasteiger partial charge < -0.3 is 15.3 Å². The number of hydrogen-bond acceptors (Lipinski definition) is 5. The summed E-state index contributed by atoms with van der Waals surface area (Å²) in [4.78, 5) is 27.9. The van der Waals surface area contributed by atoms with Crippen molar-refractivity contribution < 1.29 is 14.7 Å². The highest BCUT2D eigenvalue weighted by atomic mass is 16.3. The number of nitriles is 1. The van der Waals surface area contributed by atoms with Crippen LogP contribution >= 0.6 is 0 Å². The lowest BCUT2D eigenvalue weighted by Crippen LogP contribution is -2.55. The molecule has 3 amide bonds. The van der Waals surface area contributed by atoms with Crippen LogP contribution in [0, 0.1) is 17.2 Å². The van der Waals surface area contributed by atoms with E-state index in [1.165, 1.54) is 4.90 Å². The molecule has 2 aliphatic heterocycles. The molecule has 2 fully saturated rings. The fourth-order valence-corrected chi connectivity index (χ4v) is 2.95. The molecule has 0 bridgehead atoms. The molecule has 2 aliphatic rings. The minimum atomic E-state index is -0.790. The molecule has 0 aromatic heterocycles. The van der Waals surface area contributed by atoms with E-state index in [2.05, 4.69) is 10.2 Å². The topological polar surface area (TPSA) is 96.7 Å². The van der Waals surface area contributed by atoms with Crippen LogP contribution in [0.2, 0.25) is 0 Å². The average Bonchev–Trinajstić information content (AvgIpc) is 2.71. The van der Waals surface area contributed by atoms with Crippen LogP contribution in [-0.2, 0) is 4.79 Å². The number of aliphatic hydroxyl groups excluding tert-OH is 1. The summed E-state index contributed by atoms with van der Waals surface area (Å²) in [6.45, 7) is 4.28. The summed E-state index contributed by atoms with van der Waals surface area (Å²) in [5.74, 6) is -0.559. The number of nitrogens with one attached hydrogen (secondary N) is 1. The first-order valence-corrected chi connectivity index (χ1v) is 7.39. The van der Waals surface area contributed by atoms with E-state index in [4.69, 9.17) is 10.4 Å². The van der Waals surface area contributed by atoms with E-state index in [0.717, 1.165) is 26.1 Å². The molecule has 0 saturated carbocycles. The molecule has 7 nitrogen and oxygen atoms in total. The van der Waals surface area contributed by atoms with Crippen LogP contribution in [-0.4, -0.2) is 65.2 Å². The SMILES string of the molecule is CC(C#N)CN1C(=O)NC2(CCN(CCCO)CC2)C1=O. The van der Waals surface area contributed by atoms with E-state index in [-0.39, 0.29) is 31.0 Å². The van der Waals surface area contributed by atoms with Crippen molar-refractivity contribution in [3.63, 3.8) is 0 Å². The van der Waals surface area contributed by atoms with Crippen molar-refractivity contribution in [3.8, 4) is 6.07 Å². The van der Waals surface area contributed by atoms with Gasteiger partial charge in [0.1, 0.15) is 5.54 Å². The van der Waals surface area contributed by atoms with Gasteiger partial charge in [-0.25, -0.2) is 4.79 Å². The molecule has 7 heteroatoms. The Bertz CT molecular complexity index is 452. The van der Waals surface area contributed by atoms with E-state index >= 15 is 0 Å². The fraction of sp³-hybridized carbons (Fsp3) is 0.786. The third kappa shape index (κ3) is 3.17. The summed E-state index contributed by atoms with van der Waals surface area (Å²) in [6, 6.07) is 1.67. The molecule has 2 saturated heterocycles. The highest BCUT2D eigenvalue weighted by Gasteiger charge is 2.52. The van der Waals surface area contributed by atoms with Crippen LogP contribution in [0.4, 0.5) is 4.79 Å². The monoisotopic (exact) mass is 294 g/mol. The first-order chi connectivity index (χ1) is 10.0. The Morgan fingerprint density at radius 2 is 2.10 bits per heavy atom. The number of rotatable bonds is 5. The lowest BCUT2D eigenvalue weighted by atomic mass is 9.87. The molecular formula is C14H22N4O3. The number of hydrogen-bond donors (Lipinski definition) is 2. The maximum absolute atomic E-state index is 12.5. The average molecular weight is 294 g/mol. The molecule has 1 atom stereocenters. The van der Waals surface area contributed by atoms with Gasteiger partial charge in [-0.3, -0.25) is 9.69 Å². The van der Waals surface area contributed by atoms with Crippen molar-refractivity contribution >= 4 is 11.9 Å². The van der Waals surface area contributed by atoms with Crippen molar-refractivity contribution in [2.24, 2.45) is 5.92 Å². The minimum absolute atomic E-state index is 0.150. The zero-order chi connectivity index (χ0) is 15.5. The second-order valence-corrected chi connectivity index (χ2v) is 5.88. The summed E-state index contributed by atoms with van der Waals surface area (Å²) in [6.07, 6.45) is 1.89. The zero-order valence-corrected chi connectivity index (χ0v) is 12.3. The first-order valence-electron chi connectivity index (χ1n) is 7.39. The van der Waals surface area contributed by atoms with Crippen LogP contribution in [0.15, 0.2) is 0 Å². The predicted octanol–water partition coefficient (Wildman–Crippen LogP) is -0.0851. The van der Waals surface area contributed by atoms with Gasteiger partial charge in [0.15, 0.2) is 0 Å². The summed E-state index contributed by atoms with van der Waals surface area (Å²) < 4.78 is 0. The number of aliphatic hydroxyl groups is 1. The highest BCUT2D eigenvalue weighted by molar-refractivity contribution is 6.07. The standard InChI is InChI=1S/C14H22N4O3/c1-11(9-15)10-18-12(20)14(16-13(18)21)3-6-17(7-4-14)5-2-8-19/h11,19H,2-8,10H2,1H3,(H,16,21). The largest absolute Gasteiger partial charge is 0.396 e. The van der Waals surface area contributed by atoms with Crippen molar-refractivity contribution in [2.75, 3.05) is 32.8 Å². The molecule has 0 aromatic rings. The van der Waals surface area contributed by atoms with E-state index < -0.39 is 5.54 Å². The van der Waals surface area contributed by atoms with Gasteiger partial charge in [-0.2, -0.15) is 5.26 Å². The summed E-state index contributed by atoms with van der Waals surface area (Å²) in [5, 5.41) is 20.5. The Morgan fingerprint density at radius 3 is 2.67 bits per heavy atom. The Morgan fingerprint density at radius 1 is 1.43 bits per heavy atom. The highest BCUT2D eigenvalue weighted by Crippen LogP contribution is 2.29. The lowest BCUT2D eigenvalue weighted by molar-refractivity contribution is -0.133. The van der Waals surface area contributed by atoms with E-state index in [1.807, 2.05) is 6.07 Å². The molecule has 1 spiro atoms. The number of piperidine rings is 1. The third-order valence-electron chi connectivity index (χ3n) is 4.26. The molecule has 0 aliphatic carbocycles. The second kappa shape index (κ2) is 6.41. The predicted molar refractivity (Wildman–Crippen MR) is 75.1 cm³/mol. The van der Waals surface area contributed by atoms with E-state index in [0.29, 0.717) is 12.8 Å². The molecule has 21 heavy (non-hydrogen) atoms. The number of urea groups is 1. The van der Waals surface area contributed by atoms with Crippen LogP contribution in [0.25, 0.3) is 0 Å². The van der Waals surface area contributed by atoms with Crippen LogP contribution in [0.3, 0.4) is 0 Å². The molecule has 0 aromatic carbocycles. The van der Waals surface area contributed by atoms with Crippen LogP contribution in [0.1, 0.15) is 26.2 Å². The van der Waals surface area contributed by atoms with Gasteiger partial charge in [0.25, 0.3) is 5.91 Å². The summed E-state index contributed by atoms with van der Waals surface area (Å²) in [5.41, 5.74) is -0.790. The van der Waals surface area contributed by atoms with E-state index in [1.54, 1.807) is 6.92 Å². The number of amides is 3. The zero-order valence-electron chi connectivity index (χ0n) is 12.3. The number of imide groups is 1. The van der Waals surface area contributed by atoms with Crippen molar-refractivity contribution in [3.05, 3.63) is 0 Å². The molecule has 2 rings (SSSR count). The Kier molecular flexibility index (Phi) is 4.80. The minimum Gasteiger partial charge on any atom is -0.396 e. The fourth-order valence-electron chi connectivity index (χ4n) is 2.95. The smallest absolute Gasteiger partial charge is 0.325 e. The van der Waals surface area contributed by atoms with Crippen LogP contribution < -0.4 is 5.32 Å².